The van der Waals surface area contributed by atoms with Gasteiger partial charge < -0.3 is 4.74 Å². The van der Waals surface area contributed by atoms with Gasteiger partial charge >= 0.3 is 0 Å². The number of alkyl halides is 1. The van der Waals surface area contributed by atoms with Crippen LogP contribution in [0.25, 0.3) is 0 Å². The molecule has 0 N–H and O–H groups in total. The lowest BCUT2D eigenvalue weighted by Gasteiger charge is -2.14. The van der Waals surface area contributed by atoms with Gasteiger partial charge in [0.2, 0.25) is 5.88 Å². The number of rotatable bonds is 5. The summed E-state index contributed by atoms with van der Waals surface area (Å²) >= 11 is 5.67. The van der Waals surface area contributed by atoms with Crippen molar-refractivity contribution in [3.05, 3.63) is 18.1 Å². The van der Waals surface area contributed by atoms with Gasteiger partial charge in [-0.2, -0.15) is 0 Å². The highest BCUT2D eigenvalue weighted by Gasteiger charge is 2.10. The van der Waals surface area contributed by atoms with Crippen LogP contribution in [0.1, 0.15) is 18.5 Å². The molecule has 1 aliphatic rings. The Morgan fingerprint density at radius 3 is 2.88 bits per heavy atom. The zero-order valence-corrected chi connectivity index (χ0v) is 9.99. The van der Waals surface area contributed by atoms with E-state index in [9.17, 15) is 0 Å². The number of ether oxygens (including phenoxy) is 1. The van der Waals surface area contributed by atoms with E-state index in [1.807, 2.05) is 0 Å². The maximum Gasteiger partial charge on any atom is 0.232 e. The summed E-state index contributed by atoms with van der Waals surface area (Å²) < 4.78 is 5.54. The molecule has 1 aromatic rings. The third-order valence-corrected chi connectivity index (χ3v) is 2.93. The molecule has 1 aromatic heterocycles. The van der Waals surface area contributed by atoms with Crippen molar-refractivity contribution in [2.75, 3.05) is 26.2 Å². The van der Waals surface area contributed by atoms with Gasteiger partial charge in [0.15, 0.2) is 0 Å². The largest absolute Gasteiger partial charge is 0.475 e. The third-order valence-electron chi connectivity index (χ3n) is 2.66. The summed E-state index contributed by atoms with van der Waals surface area (Å²) in [6.45, 7) is 4.01. The van der Waals surface area contributed by atoms with Gasteiger partial charge in [-0.1, -0.05) is 0 Å². The molecule has 88 valence electrons. The van der Waals surface area contributed by atoms with Crippen LogP contribution in [0.4, 0.5) is 0 Å². The standard InChI is InChI=1S/C11H16ClN3O/c12-7-10-8-13-9-11(14-10)16-6-5-15-3-1-2-4-15/h8-9H,1-7H2. The monoisotopic (exact) mass is 241 g/mol. The molecule has 0 spiro atoms. The minimum Gasteiger partial charge on any atom is -0.475 e. The molecule has 0 amide bonds. The van der Waals surface area contributed by atoms with Crippen LogP contribution in [0, 0.1) is 0 Å². The highest BCUT2D eigenvalue weighted by atomic mass is 35.5. The zero-order chi connectivity index (χ0) is 11.2. The van der Waals surface area contributed by atoms with Gasteiger partial charge in [0.25, 0.3) is 0 Å². The van der Waals surface area contributed by atoms with E-state index in [1.165, 1.54) is 25.9 Å². The first-order valence-electron chi connectivity index (χ1n) is 5.60. The first-order chi connectivity index (χ1) is 7.88. The number of halogens is 1. The summed E-state index contributed by atoms with van der Waals surface area (Å²) in [6.07, 6.45) is 5.89. The van der Waals surface area contributed by atoms with Crippen molar-refractivity contribution >= 4 is 11.6 Å². The quantitative estimate of drug-likeness (QED) is 0.736. The fraction of sp³-hybridized carbons (Fsp3) is 0.636. The molecule has 5 heteroatoms. The molecule has 1 saturated heterocycles. The van der Waals surface area contributed by atoms with E-state index in [4.69, 9.17) is 16.3 Å². The van der Waals surface area contributed by atoms with Gasteiger partial charge in [-0.25, -0.2) is 4.98 Å². The summed E-state index contributed by atoms with van der Waals surface area (Å²) in [4.78, 5) is 10.6. The second kappa shape index (κ2) is 6.01. The zero-order valence-electron chi connectivity index (χ0n) is 9.23. The van der Waals surface area contributed by atoms with Crippen LogP contribution >= 0.6 is 11.6 Å². The van der Waals surface area contributed by atoms with Crippen LogP contribution in [0.2, 0.25) is 0 Å². The lowest BCUT2D eigenvalue weighted by Crippen LogP contribution is -2.25. The average Bonchev–Trinajstić information content (AvgIpc) is 2.82. The van der Waals surface area contributed by atoms with Crippen molar-refractivity contribution in [3.8, 4) is 5.88 Å². The van der Waals surface area contributed by atoms with Crippen LogP contribution in [-0.2, 0) is 5.88 Å². The Labute approximate surface area is 101 Å². The second-order valence-electron chi connectivity index (χ2n) is 3.88. The van der Waals surface area contributed by atoms with Gasteiger partial charge in [-0.15, -0.1) is 11.6 Å². The Balaban J connectivity index is 1.75. The molecule has 0 unspecified atom stereocenters. The lowest BCUT2D eigenvalue weighted by molar-refractivity contribution is 0.231. The Morgan fingerprint density at radius 1 is 1.31 bits per heavy atom. The van der Waals surface area contributed by atoms with Crippen molar-refractivity contribution in [2.45, 2.75) is 18.7 Å². The van der Waals surface area contributed by atoms with E-state index in [-0.39, 0.29) is 0 Å². The summed E-state index contributed by atoms with van der Waals surface area (Å²) in [5.74, 6) is 0.938. The highest BCUT2D eigenvalue weighted by Crippen LogP contribution is 2.09. The summed E-state index contributed by atoms with van der Waals surface area (Å²) in [5.41, 5.74) is 0.750. The molecule has 1 fully saturated rings. The van der Waals surface area contributed by atoms with Gasteiger partial charge in [0.1, 0.15) is 6.61 Å². The molecular formula is C11H16ClN3O. The van der Waals surface area contributed by atoms with Crippen LogP contribution in [0.3, 0.4) is 0 Å². The first-order valence-corrected chi connectivity index (χ1v) is 6.14. The van der Waals surface area contributed by atoms with Crippen LogP contribution in [0.5, 0.6) is 5.88 Å². The Kier molecular flexibility index (Phi) is 4.36. The van der Waals surface area contributed by atoms with Gasteiger partial charge in [0.05, 0.1) is 17.8 Å². The Bertz CT molecular complexity index is 329. The van der Waals surface area contributed by atoms with Crippen molar-refractivity contribution in [3.63, 3.8) is 0 Å². The molecule has 4 nitrogen and oxygen atoms in total. The minimum absolute atomic E-state index is 0.371. The van der Waals surface area contributed by atoms with E-state index in [1.54, 1.807) is 12.4 Å². The maximum absolute atomic E-state index is 5.67. The van der Waals surface area contributed by atoms with Crippen LogP contribution < -0.4 is 4.74 Å². The molecule has 0 saturated carbocycles. The second-order valence-corrected chi connectivity index (χ2v) is 4.15. The Morgan fingerprint density at radius 2 is 2.12 bits per heavy atom. The predicted octanol–water partition coefficient (Wildman–Crippen LogP) is 1.69. The summed E-state index contributed by atoms with van der Waals surface area (Å²) in [5, 5.41) is 0. The predicted molar refractivity (Wildman–Crippen MR) is 62.8 cm³/mol. The molecule has 0 radical (unpaired) electrons. The van der Waals surface area contributed by atoms with E-state index in [0.717, 1.165) is 12.2 Å². The number of aromatic nitrogens is 2. The first kappa shape index (κ1) is 11.6. The Hall–Kier alpha value is -0.870. The van der Waals surface area contributed by atoms with E-state index in [2.05, 4.69) is 14.9 Å². The van der Waals surface area contributed by atoms with E-state index < -0.39 is 0 Å². The van der Waals surface area contributed by atoms with Crippen molar-refractivity contribution in [2.24, 2.45) is 0 Å². The molecule has 0 atom stereocenters. The SMILES string of the molecule is ClCc1cncc(OCCN2CCCC2)n1. The van der Waals surface area contributed by atoms with Crippen molar-refractivity contribution in [1.29, 1.82) is 0 Å². The van der Waals surface area contributed by atoms with Crippen LogP contribution in [0.15, 0.2) is 12.4 Å². The topological polar surface area (TPSA) is 38.2 Å². The van der Waals surface area contributed by atoms with Gasteiger partial charge in [-0.05, 0) is 25.9 Å². The fourth-order valence-electron chi connectivity index (χ4n) is 1.81. The van der Waals surface area contributed by atoms with Gasteiger partial charge in [-0.3, -0.25) is 9.88 Å². The molecule has 0 aromatic carbocycles. The third kappa shape index (κ3) is 3.32. The van der Waals surface area contributed by atoms with Crippen LogP contribution in [-0.4, -0.2) is 41.1 Å². The van der Waals surface area contributed by atoms with Crippen molar-refractivity contribution < 1.29 is 4.74 Å². The number of hydrogen-bond donors (Lipinski definition) is 0. The smallest absolute Gasteiger partial charge is 0.232 e. The molecule has 16 heavy (non-hydrogen) atoms. The number of nitrogens with zero attached hydrogens (tertiary/aromatic N) is 3. The minimum atomic E-state index is 0.371. The maximum atomic E-state index is 5.67. The molecule has 0 aliphatic carbocycles. The molecule has 1 aliphatic heterocycles. The number of likely N-dealkylation sites (tertiary alicyclic amines) is 1. The fourth-order valence-corrected chi connectivity index (χ4v) is 1.93. The highest BCUT2D eigenvalue weighted by molar-refractivity contribution is 6.16. The molecule has 2 heterocycles. The normalized spacial score (nSPS) is 16.6. The van der Waals surface area contributed by atoms with Crippen molar-refractivity contribution in [1.82, 2.24) is 14.9 Å². The molecular weight excluding hydrogens is 226 g/mol. The summed E-state index contributed by atoms with van der Waals surface area (Å²) in [7, 11) is 0. The van der Waals surface area contributed by atoms with E-state index >= 15 is 0 Å². The lowest BCUT2D eigenvalue weighted by atomic mass is 10.4. The van der Waals surface area contributed by atoms with Gasteiger partial charge in [0, 0.05) is 12.7 Å². The number of hydrogen-bond acceptors (Lipinski definition) is 4. The average molecular weight is 242 g/mol. The molecule has 2 rings (SSSR count). The molecule has 0 bridgehead atoms. The summed E-state index contributed by atoms with van der Waals surface area (Å²) in [6, 6.07) is 0. The van der Waals surface area contributed by atoms with E-state index in [0.29, 0.717) is 18.4 Å².